The topological polar surface area (TPSA) is 55.4 Å². The second kappa shape index (κ2) is 6.92. The van der Waals surface area contributed by atoms with Crippen LogP contribution in [0.2, 0.25) is 0 Å². The first-order valence-electron chi connectivity index (χ1n) is 6.45. The van der Waals surface area contributed by atoms with Gasteiger partial charge in [-0.15, -0.1) is 0 Å². The molecule has 0 aliphatic carbocycles. The van der Waals surface area contributed by atoms with Gasteiger partial charge in [0.25, 0.3) is 5.91 Å². The molecule has 2 unspecified atom stereocenters. The predicted octanol–water partition coefficient (Wildman–Crippen LogP) is 2.31. The summed E-state index contributed by atoms with van der Waals surface area (Å²) in [5.41, 5.74) is 1.47. The summed E-state index contributed by atoms with van der Waals surface area (Å²) >= 11 is 0. The van der Waals surface area contributed by atoms with Gasteiger partial charge in [-0.1, -0.05) is 38.5 Å². The highest BCUT2D eigenvalue weighted by Gasteiger charge is 2.27. The molecule has 19 heavy (non-hydrogen) atoms. The summed E-state index contributed by atoms with van der Waals surface area (Å²) in [6.07, 6.45) is 0.786. The maximum Gasteiger partial charge on any atom is 0.328 e. The minimum absolute atomic E-state index is 0.0282. The van der Waals surface area contributed by atoms with Crippen LogP contribution in [-0.2, 0) is 9.53 Å². The average molecular weight is 263 g/mol. The molecular weight excluding hydrogens is 242 g/mol. The van der Waals surface area contributed by atoms with Crippen molar-refractivity contribution in [1.82, 2.24) is 5.32 Å². The molecule has 0 radical (unpaired) electrons. The molecular formula is C15H21NO3. The van der Waals surface area contributed by atoms with Gasteiger partial charge in [0.2, 0.25) is 0 Å². The quantitative estimate of drug-likeness (QED) is 0.829. The molecule has 0 bridgehead atoms. The van der Waals surface area contributed by atoms with Crippen LogP contribution < -0.4 is 5.32 Å². The second-order valence-corrected chi connectivity index (χ2v) is 4.67. The predicted molar refractivity (Wildman–Crippen MR) is 73.9 cm³/mol. The van der Waals surface area contributed by atoms with E-state index in [1.54, 1.807) is 12.1 Å². The van der Waals surface area contributed by atoms with Crippen LogP contribution >= 0.6 is 0 Å². The molecule has 4 heteroatoms. The van der Waals surface area contributed by atoms with Gasteiger partial charge in [0.15, 0.2) is 0 Å². The van der Waals surface area contributed by atoms with Crippen molar-refractivity contribution in [2.75, 3.05) is 7.11 Å². The minimum Gasteiger partial charge on any atom is -0.467 e. The third-order valence-electron chi connectivity index (χ3n) is 3.34. The minimum atomic E-state index is -0.609. The molecule has 2 atom stereocenters. The normalized spacial score (nSPS) is 13.5. The van der Waals surface area contributed by atoms with Gasteiger partial charge in [-0.05, 0) is 24.5 Å². The first kappa shape index (κ1) is 15.2. The molecule has 1 aromatic rings. The van der Waals surface area contributed by atoms with Gasteiger partial charge in [0.1, 0.15) is 6.04 Å². The first-order valence-corrected chi connectivity index (χ1v) is 6.45. The van der Waals surface area contributed by atoms with Crippen LogP contribution in [0.1, 0.15) is 36.2 Å². The van der Waals surface area contributed by atoms with Crippen LogP contribution in [0, 0.1) is 12.8 Å². The fraction of sp³-hybridized carbons (Fsp3) is 0.467. The van der Waals surface area contributed by atoms with Crippen molar-refractivity contribution in [2.45, 2.75) is 33.2 Å². The number of hydrogen-bond acceptors (Lipinski definition) is 3. The summed E-state index contributed by atoms with van der Waals surface area (Å²) in [5.74, 6) is -0.620. The molecule has 0 aromatic heterocycles. The lowest BCUT2D eigenvalue weighted by atomic mass is 9.98. The summed E-state index contributed by atoms with van der Waals surface area (Å²) in [7, 11) is 1.33. The SMILES string of the molecule is CCC(C)C(NC(=O)c1ccccc1C)C(=O)OC. The Balaban J connectivity index is 2.88. The maximum absolute atomic E-state index is 12.2. The third kappa shape index (κ3) is 3.81. The van der Waals surface area contributed by atoms with E-state index in [0.29, 0.717) is 5.56 Å². The number of carbonyl (C=O) groups is 2. The fourth-order valence-electron chi connectivity index (χ4n) is 1.84. The summed E-state index contributed by atoms with van der Waals surface area (Å²) < 4.78 is 4.75. The zero-order chi connectivity index (χ0) is 14.4. The molecule has 0 aliphatic heterocycles. The van der Waals surface area contributed by atoms with Gasteiger partial charge < -0.3 is 10.1 Å². The Bertz CT molecular complexity index is 456. The van der Waals surface area contributed by atoms with E-state index in [0.717, 1.165) is 12.0 Å². The van der Waals surface area contributed by atoms with Gasteiger partial charge in [0.05, 0.1) is 7.11 Å². The van der Waals surface area contributed by atoms with Crippen molar-refractivity contribution in [3.8, 4) is 0 Å². The molecule has 0 saturated carbocycles. The van der Waals surface area contributed by atoms with Gasteiger partial charge >= 0.3 is 5.97 Å². The molecule has 0 fully saturated rings. The number of carbonyl (C=O) groups excluding carboxylic acids is 2. The standard InChI is InChI=1S/C15H21NO3/c1-5-10(2)13(15(18)19-4)16-14(17)12-9-7-6-8-11(12)3/h6-10,13H,5H2,1-4H3,(H,16,17). The summed E-state index contributed by atoms with van der Waals surface area (Å²) in [6, 6.07) is 6.68. The van der Waals surface area contributed by atoms with Gasteiger partial charge in [-0.25, -0.2) is 4.79 Å². The maximum atomic E-state index is 12.2. The number of aryl methyl sites for hydroxylation is 1. The monoisotopic (exact) mass is 263 g/mol. The van der Waals surface area contributed by atoms with E-state index in [1.807, 2.05) is 32.9 Å². The van der Waals surface area contributed by atoms with Crippen molar-refractivity contribution in [2.24, 2.45) is 5.92 Å². The summed E-state index contributed by atoms with van der Waals surface area (Å²) in [6.45, 7) is 5.76. The molecule has 0 spiro atoms. The number of ether oxygens (including phenoxy) is 1. The number of hydrogen-bond donors (Lipinski definition) is 1. The molecule has 0 aliphatic rings. The number of benzene rings is 1. The highest BCUT2D eigenvalue weighted by molar-refractivity contribution is 5.98. The smallest absolute Gasteiger partial charge is 0.328 e. The van der Waals surface area contributed by atoms with Crippen LogP contribution in [0.5, 0.6) is 0 Å². The van der Waals surface area contributed by atoms with E-state index in [9.17, 15) is 9.59 Å². The van der Waals surface area contributed by atoms with Crippen LogP contribution in [-0.4, -0.2) is 25.0 Å². The van der Waals surface area contributed by atoms with Crippen molar-refractivity contribution in [3.63, 3.8) is 0 Å². The van der Waals surface area contributed by atoms with Crippen molar-refractivity contribution >= 4 is 11.9 Å². The Hall–Kier alpha value is -1.84. The van der Waals surface area contributed by atoms with E-state index in [4.69, 9.17) is 4.74 Å². The lowest BCUT2D eigenvalue weighted by Crippen LogP contribution is -2.45. The number of methoxy groups -OCH3 is 1. The highest BCUT2D eigenvalue weighted by Crippen LogP contribution is 2.12. The third-order valence-corrected chi connectivity index (χ3v) is 3.34. The molecule has 1 rings (SSSR count). The first-order chi connectivity index (χ1) is 9.01. The van der Waals surface area contributed by atoms with E-state index in [-0.39, 0.29) is 11.8 Å². The molecule has 0 heterocycles. The second-order valence-electron chi connectivity index (χ2n) is 4.67. The van der Waals surface area contributed by atoms with Gasteiger partial charge in [-0.3, -0.25) is 4.79 Å². The highest BCUT2D eigenvalue weighted by atomic mass is 16.5. The van der Waals surface area contributed by atoms with Crippen molar-refractivity contribution in [3.05, 3.63) is 35.4 Å². The molecule has 1 aromatic carbocycles. The van der Waals surface area contributed by atoms with E-state index < -0.39 is 12.0 Å². The fourth-order valence-corrected chi connectivity index (χ4v) is 1.84. The van der Waals surface area contributed by atoms with Crippen LogP contribution in [0.3, 0.4) is 0 Å². The molecule has 4 nitrogen and oxygen atoms in total. The zero-order valence-corrected chi connectivity index (χ0v) is 11.9. The van der Waals surface area contributed by atoms with E-state index in [2.05, 4.69) is 5.32 Å². The number of nitrogens with one attached hydrogen (secondary N) is 1. The van der Waals surface area contributed by atoms with Crippen molar-refractivity contribution < 1.29 is 14.3 Å². The Morgan fingerprint density at radius 2 is 1.95 bits per heavy atom. The molecule has 0 saturated heterocycles. The average Bonchev–Trinajstić information content (AvgIpc) is 2.43. The van der Waals surface area contributed by atoms with Gasteiger partial charge in [0, 0.05) is 5.56 Å². The zero-order valence-electron chi connectivity index (χ0n) is 11.9. The Morgan fingerprint density at radius 3 is 2.47 bits per heavy atom. The number of amides is 1. The molecule has 1 amide bonds. The lowest BCUT2D eigenvalue weighted by molar-refractivity contribution is -0.144. The van der Waals surface area contributed by atoms with E-state index >= 15 is 0 Å². The Morgan fingerprint density at radius 1 is 1.32 bits per heavy atom. The van der Waals surface area contributed by atoms with Gasteiger partial charge in [-0.2, -0.15) is 0 Å². The summed E-state index contributed by atoms with van der Waals surface area (Å²) in [4.78, 5) is 23.9. The Labute approximate surface area is 114 Å². The van der Waals surface area contributed by atoms with Crippen LogP contribution in [0.15, 0.2) is 24.3 Å². The molecule has 1 N–H and O–H groups in total. The van der Waals surface area contributed by atoms with Crippen LogP contribution in [0.25, 0.3) is 0 Å². The van der Waals surface area contributed by atoms with Crippen molar-refractivity contribution in [1.29, 1.82) is 0 Å². The number of rotatable bonds is 5. The number of esters is 1. The van der Waals surface area contributed by atoms with E-state index in [1.165, 1.54) is 7.11 Å². The summed E-state index contributed by atoms with van der Waals surface area (Å²) in [5, 5.41) is 2.76. The lowest BCUT2D eigenvalue weighted by Gasteiger charge is -2.22. The van der Waals surface area contributed by atoms with Crippen LogP contribution in [0.4, 0.5) is 0 Å². The Kier molecular flexibility index (Phi) is 5.55. The largest absolute Gasteiger partial charge is 0.467 e. The molecule has 104 valence electrons.